The van der Waals surface area contributed by atoms with Crippen LogP contribution < -0.4 is 5.73 Å². The van der Waals surface area contributed by atoms with Crippen molar-refractivity contribution in [2.75, 3.05) is 31.2 Å². The molecule has 0 aliphatic carbocycles. The van der Waals surface area contributed by atoms with E-state index >= 15 is 0 Å². The second-order valence-corrected chi connectivity index (χ2v) is 6.17. The summed E-state index contributed by atoms with van der Waals surface area (Å²) in [4.78, 5) is 15.3. The lowest BCUT2D eigenvalue weighted by Crippen LogP contribution is -2.35. The monoisotopic (exact) mass is 294 g/mol. The molecule has 1 fully saturated rings. The molecule has 1 aliphatic rings. The number of nitrogens with two attached hydrogens (primary N) is 1. The van der Waals surface area contributed by atoms with Crippen molar-refractivity contribution >= 4 is 23.4 Å². The molecule has 1 heterocycles. The van der Waals surface area contributed by atoms with Gasteiger partial charge in [-0.3, -0.25) is 4.79 Å². The molecule has 0 spiro atoms. The average molecular weight is 294 g/mol. The van der Waals surface area contributed by atoms with Crippen LogP contribution in [0.25, 0.3) is 0 Å². The molecule has 1 aromatic carbocycles. The number of likely N-dealkylation sites (tertiary alicyclic amines) is 1. The van der Waals surface area contributed by atoms with Gasteiger partial charge in [0, 0.05) is 41.6 Å². The molecule has 1 aromatic rings. The predicted octanol–water partition coefficient (Wildman–Crippen LogP) is 2.37. The first-order valence-electron chi connectivity index (χ1n) is 7.15. The van der Waals surface area contributed by atoms with Gasteiger partial charge >= 0.3 is 0 Å². The van der Waals surface area contributed by atoms with E-state index in [0.29, 0.717) is 11.3 Å². The standard InChI is InChI=1S/C15H22N2O2S/c16-13-6-5-12(11-14(13)20-10-4-9-18)15(19)17-7-2-1-3-8-17/h5-6,11,18H,1-4,7-10,16H2. The molecular weight excluding hydrogens is 272 g/mol. The van der Waals surface area contributed by atoms with Gasteiger partial charge in [-0.25, -0.2) is 0 Å². The van der Waals surface area contributed by atoms with E-state index in [1.807, 2.05) is 17.0 Å². The summed E-state index contributed by atoms with van der Waals surface area (Å²) in [5, 5.41) is 8.82. The maximum Gasteiger partial charge on any atom is 0.253 e. The summed E-state index contributed by atoms with van der Waals surface area (Å²) >= 11 is 1.59. The smallest absolute Gasteiger partial charge is 0.253 e. The summed E-state index contributed by atoms with van der Waals surface area (Å²) in [6.45, 7) is 1.89. The largest absolute Gasteiger partial charge is 0.398 e. The van der Waals surface area contributed by atoms with Gasteiger partial charge in [0.1, 0.15) is 0 Å². The fourth-order valence-corrected chi connectivity index (χ4v) is 3.26. The number of hydrogen-bond donors (Lipinski definition) is 2. The first-order valence-corrected chi connectivity index (χ1v) is 8.13. The van der Waals surface area contributed by atoms with Crippen LogP contribution in [0.3, 0.4) is 0 Å². The molecule has 0 unspecified atom stereocenters. The van der Waals surface area contributed by atoms with Crippen molar-refractivity contribution in [1.82, 2.24) is 4.90 Å². The van der Waals surface area contributed by atoms with Crippen molar-refractivity contribution in [1.29, 1.82) is 0 Å². The number of anilines is 1. The van der Waals surface area contributed by atoms with Crippen LogP contribution in [0, 0.1) is 0 Å². The SMILES string of the molecule is Nc1ccc(C(=O)N2CCCCC2)cc1SCCCO. The molecule has 0 bridgehead atoms. The van der Waals surface area contributed by atoms with Gasteiger partial charge in [0.15, 0.2) is 0 Å². The van der Waals surface area contributed by atoms with Crippen LogP contribution in [0.1, 0.15) is 36.0 Å². The maximum absolute atomic E-state index is 12.4. The zero-order valence-corrected chi connectivity index (χ0v) is 12.5. The number of nitrogens with zero attached hydrogens (tertiary/aromatic N) is 1. The number of hydrogen-bond acceptors (Lipinski definition) is 4. The molecule has 0 aromatic heterocycles. The molecule has 4 nitrogen and oxygen atoms in total. The lowest BCUT2D eigenvalue weighted by atomic mass is 10.1. The van der Waals surface area contributed by atoms with E-state index in [4.69, 9.17) is 10.8 Å². The molecule has 20 heavy (non-hydrogen) atoms. The normalized spacial score (nSPS) is 15.3. The van der Waals surface area contributed by atoms with Gasteiger partial charge in [-0.1, -0.05) is 0 Å². The van der Waals surface area contributed by atoms with Crippen LogP contribution >= 0.6 is 11.8 Å². The number of aliphatic hydroxyl groups excluding tert-OH is 1. The number of benzene rings is 1. The van der Waals surface area contributed by atoms with E-state index in [1.54, 1.807) is 17.8 Å². The Hall–Kier alpha value is -1.20. The Bertz CT molecular complexity index is 459. The Morgan fingerprint density at radius 3 is 2.75 bits per heavy atom. The van der Waals surface area contributed by atoms with Crippen LogP contribution in [0.5, 0.6) is 0 Å². The highest BCUT2D eigenvalue weighted by molar-refractivity contribution is 7.99. The van der Waals surface area contributed by atoms with Gasteiger partial charge < -0.3 is 15.7 Å². The van der Waals surface area contributed by atoms with E-state index in [0.717, 1.165) is 43.0 Å². The lowest BCUT2D eigenvalue weighted by molar-refractivity contribution is 0.0724. The second kappa shape index (κ2) is 7.55. The Morgan fingerprint density at radius 1 is 1.30 bits per heavy atom. The first-order chi connectivity index (χ1) is 9.72. The lowest BCUT2D eigenvalue weighted by Gasteiger charge is -2.27. The first kappa shape index (κ1) is 15.2. The summed E-state index contributed by atoms with van der Waals surface area (Å²) in [6.07, 6.45) is 4.14. The topological polar surface area (TPSA) is 66.6 Å². The summed E-state index contributed by atoms with van der Waals surface area (Å²) in [6, 6.07) is 5.50. The van der Waals surface area contributed by atoms with Gasteiger partial charge in [0.2, 0.25) is 0 Å². The third-order valence-electron chi connectivity index (χ3n) is 3.46. The summed E-state index contributed by atoms with van der Waals surface area (Å²) in [7, 11) is 0. The van der Waals surface area contributed by atoms with E-state index in [1.165, 1.54) is 6.42 Å². The number of thioether (sulfide) groups is 1. The van der Waals surface area contributed by atoms with Crippen molar-refractivity contribution < 1.29 is 9.90 Å². The Morgan fingerprint density at radius 2 is 2.05 bits per heavy atom. The van der Waals surface area contributed by atoms with Crippen LogP contribution in [0.2, 0.25) is 0 Å². The number of aliphatic hydroxyl groups is 1. The third-order valence-corrected chi connectivity index (χ3v) is 4.62. The average Bonchev–Trinajstić information content (AvgIpc) is 2.49. The van der Waals surface area contributed by atoms with Gasteiger partial charge in [-0.2, -0.15) is 0 Å². The molecule has 0 saturated carbocycles. The van der Waals surface area contributed by atoms with Gasteiger partial charge in [0.05, 0.1) is 0 Å². The predicted molar refractivity (Wildman–Crippen MR) is 83.0 cm³/mol. The quantitative estimate of drug-likeness (QED) is 0.497. The molecule has 0 radical (unpaired) electrons. The van der Waals surface area contributed by atoms with E-state index < -0.39 is 0 Å². The Balaban J connectivity index is 2.07. The Kier molecular flexibility index (Phi) is 5.73. The molecule has 110 valence electrons. The van der Waals surface area contributed by atoms with E-state index in [9.17, 15) is 4.79 Å². The minimum Gasteiger partial charge on any atom is -0.398 e. The zero-order valence-electron chi connectivity index (χ0n) is 11.7. The minimum absolute atomic E-state index is 0.105. The molecule has 1 aliphatic heterocycles. The summed E-state index contributed by atoms with van der Waals surface area (Å²) in [5.41, 5.74) is 7.35. The minimum atomic E-state index is 0.105. The highest BCUT2D eigenvalue weighted by atomic mass is 32.2. The number of nitrogen functional groups attached to an aromatic ring is 1. The highest BCUT2D eigenvalue weighted by Gasteiger charge is 2.18. The molecule has 1 amide bonds. The van der Waals surface area contributed by atoms with Crippen molar-refractivity contribution in [3.05, 3.63) is 23.8 Å². The number of carbonyl (C=O) groups is 1. The van der Waals surface area contributed by atoms with Crippen LogP contribution in [0.15, 0.2) is 23.1 Å². The highest BCUT2D eigenvalue weighted by Crippen LogP contribution is 2.27. The van der Waals surface area contributed by atoms with E-state index in [-0.39, 0.29) is 12.5 Å². The van der Waals surface area contributed by atoms with Crippen LogP contribution in [-0.4, -0.2) is 41.4 Å². The molecule has 1 saturated heterocycles. The van der Waals surface area contributed by atoms with Crippen LogP contribution in [-0.2, 0) is 0 Å². The zero-order chi connectivity index (χ0) is 14.4. The molecule has 5 heteroatoms. The molecule has 0 atom stereocenters. The summed E-state index contributed by atoms with van der Waals surface area (Å²) in [5.74, 6) is 0.913. The Labute approximate surface area is 124 Å². The molecule has 3 N–H and O–H groups in total. The van der Waals surface area contributed by atoms with Crippen molar-refractivity contribution in [3.63, 3.8) is 0 Å². The van der Waals surface area contributed by atoms with Gasteiger partial charge in [-0.05, 0) is 43.9 Å². The molecule has 2 rings (SSSR count). The molecular formula is C15H22N2O2S. The van der Waals surface area contributed by atoms with Gasteiger partial charge in [-0.15, -0.1) is 11.8 Å². The number of piperidine rings is 1. The number of rotatable bonds is 5. The van der Waals surface area contributed by atoms with E-state index in [2.05, 4.69) is 0 Å². The van der Waals surface area contributed by atoms with Crippen molar-refractivity contribution in [2.45, 2.75) is 30.6 Å². The number of carbonyl (C=O) groups excluding carboxylic acids is 1. The fourth-order valence-electron chi connectivity index (χ4n) is 2.32. The second-order valence-electron chi connectivity index (χ2n) is 5.03. The number of amides is 1. The van der Waals surface area contributed by atoms with Crippen LogP contribution in [0.4, 0.5) is 5.69 Å². The van der Waals surface area contributed by atoms with Crippen molar-refractivity contribution in [3.8, 4) is 0 Å². The van der Waals surface area contributed by atoms with Gasteiger partial charge in [0.25, 0.3) is 5.91 Å². The summed E-state index contributed by atoms with van der Waals surface area (Å²) < 4.78 is 0. The maximum atomic E-state index is 12.4. The van der Waals surface area contributed by atoms with Crippen molar-refractivity contribution in [2.24, 2.45) is 0 Å². The fraction of sp³-hybridized carbons (Fsp3) is 0.533. The third kappa shape index (κ3) is 3.90.